The predicted octanol–water partition coefficient (Wildman–Crippen LogP) is 5.68. The highest BCUT2D eigenvalue weighted by atomic mass is 19.1. The van der Waals surface area contributed by atoms with Crippen LogP contribution in [0.3, 0.4) is 0 Å². The molecular weight excluding hydrogens is 387 g/mol. The molecular formula is C24H19FO5. The molecule has 0 fully saturated rings. The van der Waals surface area contributed by atoms with Gasteiger partial charge in [-0.05, 0) is 41.0 Å². The van der Waals surface area contributed by atoms with Gasteiger partial charge in [0.05, 0.1) is 7.11 Å². The Morgan fingerprint density at radius 2 is 1.27 bits per heavy atom. The number of carbonyl (C=O) groups excluding carboxylic acids is 1. The molecule has 0 spiro atoms. The molecule has 0 saturated heterocycles. The Morgan fingerprint density at radius 3 is 1.90 bits per heavy atom. The van der Waals surface area contributed by atoms with Gasteiger partial charge in [-0.25, -0.2) is 4.39 Å². The molecule has 0 radical (unpaired) electrons. The first-order chi connectivity index (χ1) is 14.7. The summed E-state index contributed by atoms with van der Waals surface area (Å²) in [5.74, 6) is 0.567. The van der Waals surface area contributed by atoms with E-state index >= 15 is 0 Å². The number of halogens is 1. The number of ether oxygens (including phenoxy) is 4. The average molecular weight is 406 g/mol. The molecule has 5 nitrogen and oxygen atoms in total. The van der Waals surface area contributed by atoms with Crippen molar-refractivity contribution in [3.63, 3.8) is 0 Å². The SMILES string of the molecule is CO/C=C\Oc1ccc(-c2ccc(-c3ccc(O/C=C\OC=O)cc3F)cc2)cc1. The van der Waals surface area contributed by atoms with Gasteiger partial charge in [0.1, 0.15) is 42.4 Å². The summed E-state index contributed by atoms with van der Waals surface area (Å²) in [5, 5.41) is 0. The Labute approximate surface area is 173 Å². The molecule has 3 rings (SSSR count). The molecule has 0 heterocycles. The van der Waals surface area contributed by atoms with Crippen molar-refractivity contribution in [2.75, 3.05) is 7.11 Å². The fourth-order valence-corrected chi connectivity index (χ4v) is 2.70. The zero-order valence-electron chi connectivity index (χ0n) is 16.2. The quantitative estimate of drug-likeness (QED) is 0.338. The highest BCUT2D eigenvalue weighted by molar-refractivity contribution is 5.71. The molecule has 0 amide bonds. The second-order valence-corrected chi connectivity index (χ2v) is 5.99. The summed E-state index contributed by atoms with van der Waals surface area (Å²) in [5.41, 5.74) is 3.21. The largest absolute Gasteiger partial charge is 0.501 e. The van der Waals surface area contributed by atoms with Gasteiger partial charge in [-0.2, -0.15) is 0 Å². The molecule has 3 aromatic carbocycles. The van der Waals surface area contributed by atoms with Gasteiger partial charge in [-0.3, -0.25) is 4.79 Å². The molecule has 0 aliphatic heterocycles. The third-order valence-corrected chi connectivity index (χ3v) is 4.11. The third-order valence-electron chi connectivity index (χ3n) is 4.11. The van der Waals surface area contributed by atoms with Gasteiger partial charge in [0.15, 0.2) is 0 Å². The van der Waals surface area contributed by atoms with Gasteiger partial charge in [-0.1, -0.05) is 36.4 Å². The van der Waals surface area contributed by atoms with Crippen LogP contribution in [0.4, 0.5) is 4.39 Å². The monoisotopic (exact) mass is 406 g/mol. The van der Waals surface area contributed by atoms with Gasteiger partial charge in [-0.15, -0.1) is 0 Å². The Hall–Kier alpha value is -4.06. The summed E-state index contributed by atoms with van der Waals surface area (Å²) < 4.78 is 34.2. The number of hydrogen-bond acceptors (Lipinski definition) is 5. The van der Waals surface area contributed by atoms with Crippen LogP contribution in [0.5, 0.6) is 11.5 Å². The van der Waals surface area contributed by atoms with Crippen molar-refractivity contribution >= 4 is 6.47 Å². The first kappa shape index (κ1) is 20.7. The van der Waals surface area contributed by atoms with Gasteiger partial charge in [0, 0.05) is 11.6 Å². The van der Waals surface area contributed by atoms with E-state index in [0.29, 0.717) is 17.1 Å². The first-order valence-electron chi connectivity index (χ1n) is 8.97. The molecule has 0 aliphatic carbocycles. The van der Waals surface area contributed by atoms with E-state index in [0.717, 1.165) is 29.2 Å². The van der Waals surface area contributed by atoms with Crippen molar-refractivity contribution in [3.8, 4) is 33.8 Å². The van der Waals surface area contributed by atoms with Crippen LogP contribution in [-0.2, 0) is 14.3 Å². The minimum absolute atomic E-state index is 0.260. The molecule has 0 bridgehead atoms. The molecule has 0 aromatic heterocycles. The van der Waals surface area contributed by atoms with Crippen LogP contribution in [0.2, 0.25) is 0 Å². The number of rotatable bonds is 9. The minimum atomic E-state index is -0.421. The Kier molecular flexibility index (Phi) is 7.22. The van der Waals surface area contributed by atoms with E-state index in [-0.39, 0.29) is 6.47 Å². The lowest BCUT2D eigenvalue weighted by Gasteiger charge is -2.08. The smallest absolute Gasteiger partial charge is 0.298 e. The summed E-state index contributed by atoms with van der Waals surface area (Å²) in [7, 11) is 1.55. The highest BCUT2D eigenvalue weighted by Gasteiger charge is 2.07. The molecule has 0 unspecified atom stereocenters. The predicted molar refractivity (Wildman–Crippen MR) is 111 cm³/mol. The van der Waals surface area contributed by atoms with Gasteiger partial charge < -0.3 is 18.9 Å². The zero-order valence-corrected chi connectivity index (χ0v) is 16.2. The Morgan fingerprint density at radius 1 is 0.700 bits per heavy atom. The molecule has 0 atom stereocenters. The lowest BCUT2D eigenvalue weighted by molar-refractivity contribution is -0.123. The normalized spacial score (nSPS) is 10.9. The van der Waals surface area contributed by atoms with Crippen molar-refractivity contribution < 1.29 is 28.1 Å². The standard InChI is InChI=1S/C24H19FO5/c1-27-12-14-29-21-8-6-19(7-9-21)18-2-4-20(5-3-18)23-11-10-22(16-24(23)25)30-15-13-28-17-26/h2-17H,1H3/b14-12-,15-13-. The second kappa shape index (κ2) is 10.5. The van der Waals surface area contributed by atoms with Crippen LogP contribution in [-0.4, -0.2) is 13.6 Å². The lowest BCUT2D eigenvalue weighted by Crippen LogP contribution is -1.89. The van der Waals surface area contributed by atoms with Gasteiger partial charge in [0.25, 0.3) is 6.47 Å². The molecule has 30 heavy (non-hydrogen) atoms. The number of benzene rings is 3. The Bertz CT molecular complexity index is 1020. The van der Waals surface area contributed by atoms with Crippen molar-refractivity contribution in [3.05, 3.63) is 97.6 Å². The van der Waals surface area contributed by atoms with Crippen molar-refractivity contribution in [2.45, 2.75) is 0 Å². The van der Waals surface area contributed by atoms with E-state index in [9.17, 15) is 9.18 Å². The van der Waals surface area contributed by atoms with E-state index in [2.05, 4.69) is 4.74 Å². The molecule has 152 valence electrons. The van der Waals surface area contributed by atoms with Crippen molar-refractivity contribution in [1.82, 2.24) is 0 Å². The fraction of sp³-hybridized carbons (Fsp3) is 0.0417. The number of methoxy groups -OCH3 is 1. The third kappa shape index (κ3) is 5.48. The maximum atomic E-state index is 14.5. The summed E-state index contributed by atoms with van der Waals surface area (Å²) in [6, 6.07) is 19.7. The summed E-state index contributed by atoms with van der Waals surface area (Å²) in [6.07, 6.45) is 5.13. The second-order valence-electron chi connectivity index (χ2n) is 5.99. The van der Waals surface area contributed by atoms with E-state index in [1.807, 2.05) is 48.5 Å². The van der Waals surface area contributed by atoms with E-state index in [1.165, 1.54) is 18.6 Å². The Balaban J connectivity index is 1.71. The van der Waals surface area contributed by atoms with E-state index in [4.69, 9.17) is 14.2 Å². The van der Waals surface area contributed by atoms with Gasteiger partial charge in [0.2, 0.25) is 0 Å². The highest BCUT2D eigenvalue weighted by Crippen LogP contribution is 2.29. The van der Waals surface area contributed by atoms with Gasteiger partial charge >= 0.3 is 0 Å². The van der Waals surface area contributed by atoms with Crippen LogP contribution >= 0.6 is 0 Å². The first-order valence-corrected chi connectivity index (χ1v) is 8.97. The molecule has 0 N–H and O–H groups in total. The summed E-state index contributed by atoms with van der Waals surface area (Å²) >= 11 is 0. The lowest BCUT2D eigenvalue weighted by atomic mass is 10.00. The van der Waals surface area contributed by atoms with Crippen LogP contribution in [0.15, 0.2) is 91.8 Å². The van der Waals surface area contributed by atoms with E-state index in [1.54, 1.807) is 19.2 Å². The molecule has 0 aliphatic rings. The topological polar surface area (TPSA) is 54.0 Å². The maximum Gasteiger partial charge on any atom is 0.298 e. The molecule has 6 heteroatoms. The maximum absolute atomic E-state index is 14.5. The van der Waals surface area contributed by atoms with Crippen molar-refractivity contribution in [2.24, 2.45) is 0 Å². The molecule has 3 aromatic rings. The number of hydrogen-bond donors (Lipinski definition) is 0. The van der Waals surface area contributed by atoms with Crippen LogP contribution < -0.4 is 9.47 Å². The molecule has 0 saturated carbocycles. The van der Waals surface area contributed by atoms with Crippen LogP contribution in [0.1, 0.15) is 0 Å². The van der Waals surface area contributed by atoms with Crippen molar-refractivity contribution in [1.29, 1.82) is 0 Å². The zero-order chi connectivity index (χ0) is 21.2. The van der Waals surface area contributed by atoms with Crippen LogP contribution in [0, 0.1) is 5.82 Å². The number of carbonyl (C=O) groups is 1. The average Bonchev–Trinajstić information content (AvgIpc) is 2.78. The van der Waals surface area contributed by atoms with Crippen LogP contribution in [0.25, 0.3) is 22.3 Å². The van der Waals surface area contributed by atoms with E-state index < -0.39 is 5.82 Å². The summed E-state index contributed by atoms with van der Waals surface area (Å²) in [6.45, 7) is 0.260. The summed E-state index contributed by atoms with van der Waals surface area (Å²) in [4.78, 5) is 10.0. The minimum Gasteiger partial charge on any atom is -0.501 e. The fourth-order valence-electron chi connectivity index (χ4n) is 2.70.